The first kappa shape index (κ1) is 15.3. The zero-order valence-electron chi connectivity index (χ0n) is 11.7. The van der Waals surface area contributed by atoms with E-state index < -0.39 is 12.1 Å². The predicted molar refractivity (Wildman–Crippen MR) is 70.4 cm³/mol. The van der Waals surface area contributed by atoms with Crippen LogP contribution in [0.1, 0.15) is 32.4 Å². The first-order chi connectivity index (χ1) is 9.01. The molecule has 0 aliphatic rings. The summed E-state index contributed by atoms with van der Waals surface area (Å²) in [5, 5.41) is 10.1. The Morgan fingerprint density at radius 3 is 2.47 bits per heavy atom. The van der Waals surface area contributed by atoms with Crippen LogP contribution in [0, 0.1) is 0 Å². The van der Waals surface area contributed by atoms with Gasteiger partial charge in [-0.3, -0.25) is 0 Å². The molecule has 0 aromatic heterocycles. The Morgan fingerprint density at radius 2 is 1.95 bits per heavy atom. The maximum Gasteiger partial charge on any atom is 0.339 e. The lowest BCUT2D eigenvalue weighted by Gasteiger charge is -2.19. The van der Waals surface area contributed by atoms with Gasteiger partial charge < -0.3 is 19.3 Å². The van der Waals surface area contributed by atoms with Gasteiger partial charge in [0, 0.05) is 0 Å². The van der Waals surface area contributed by atoms with Gasteiger partial charge in [0.15, 0.2) is 6.10 Å². The van der Waals surface area contributed by atoms with E-state index in [4.69, 9.17) is 14.2 Å². The zero-order chi connectivity index (χ0) is 14.4. The van der Waals surface area contributed by atoms with Crippen molar-refractivity contribution in [1.82, 2.24) is 0 Å². The summed E-state index contributed by atoms with van der Waals surface area (Å²) in [6.07, 6.45) is -1.51. The Morgan fingerprint density at radius 1 is 1.32 bits per heavy atom. The monoisotopic (exact) mass is 268 g/mol. The minimum atomic E-state index is -1.43. The second-order valence-electron chi connectivity index (χ2n) is 4.19. The normalized spacial score (nSPS) is 12.1. The van der Waals surface area contributed by atoms with E-state index in [9.17, 15) is 9.90 Å². The summed E-state index contributed by atoms with van der Waals surface area (Å²) in [6, 6.07) is 5.07. The van der Waals surface area contributed by atoms with Gasteiger partial charge in [-0.25, -0.2) is 4.79 Å². The number of hydrogen-bond acceptors (Lipinski definition) is 5. The quantitative estimate of drug-likeness (QED) is 0.800. The van der Waals surface area contributed by atoms with Crippen molar-refractivity contribution in [2.24, 2.45) is 0 Å². The Balaban J connectivity index is 3.17. The van der Waals surface area contributed by atoms with Crippen molar-refractivity contribution in [1.29, 1.82) is 0 Å². The van der Waals surface area contributed by atoms with Crippen LogP contribution < -0.4 is 9.47 Å². The van der Waals surface area contributed by atoms with E-state index in [2.05, 4.69) is 0 Å². The fraction of sp³-hybridized carbons (Fsp3) is 0.500. The van der Waals surface area contributed by atoms with Crippen molar-refractivity contribution in [2.75, 3.05) is 13.7 Å². The van der Waals surface area contributed by atoms with E-state index >= 15 is 0 Å². The fourth-order valence-electron chi connectivity index (χ4n) is 1.67. The lowest BCUT2D eigenvalue weighted by molar-refractivity contribution is -0.153. The minimum absolute atomic E-state index is 0.0831. The van der Waals surface area contributed by atoms with Crippen LogP contribution in [0.25, 0.3) is 0 Å². The molecule has 0 heterocycles. The van der Waals surface area contributed by atoms with Gasteiger partial charge in [-0.05, 0) is 32.9 Å². The summed E-state index contributed by atoms with van der Waals surface area (Å²) in [4.78, 5) is 11.7. The Hall–Kier alpha value is -1.75. The number of aliphatic hydroxyl groups excluding tert-OH is 1. The van der Waals surface area contributed by atoms with E-state index in [1.807, 2.05) is 13.8 Å². The number of hydrogen-bond donors (Lipinski definition) is 1. The fourth-order valence-corrected chi connectivity index (χ4v) is 1.67. The molecule has 1 aromatic rings. The van der Waals surface area contributed by atoms with Gasteiger partial charge in [-0.1, -0.05) is 6.07 Å². The number of benzene rings is 1. The molecule has 0 radical (unpaired) electrons. The minimum Gasteiger partial charge on any atom is -0.496 e. The maximum absolute atomic E-state index is 11.7. The van der Waals surface area contributed by atoms with Crippen LogP contribution in [-0.4, -0.2) is 30.9 Å². The summed E-state index contributed by atoms with van der Waals surface area (Å²) in [7, 11) is 1.47. The van der Waals surface area contributed by atoms with Gasteiger partial charge >= 0.3 is 5.97 Å². The van der Waals surface area contributed by atoms with E-state index in [-0.39, 0.29) is 18.3 Å². The number of carbonyl (C=O) groups excluding carboxylic acids is 1. The highest BCUT2D eigenvalue weighted by atomic mass is 16.5. The molecular formula is C14H20O5. The van der Waals surface area contributed by atoms with Crippen molar-refractivity contribution in [2.45, 2.75) is 33.0 Å². The molecule has 106 valence electrons. The molecule has 0 aliphatic heterocycles. The van der Waals surface area contributed by atoms with E-state index in [1.165, 1.54) is 7.11 Å². The van der Waals surface area contributed by atoms with Gasteiger partial charge in [0.1, 0.15) is 11.5 Å². The van der Waals surface area contributed by atoms with Gasteiger partial charge in [0.2, 0.25) is 0 Å². The molecule has 0 bridgehead atoms. The second kappa shape index (κ2) is 6.99. The number of rotatable bonds is 6. The summed E-state index contributed by atoms with van der Waals surface area (Å²) in [5.41, 5.74) is 0.289. The first-order valence-electron chi connectivity index (χ1n) is 6.19. The molecule has 1 aromatic carbocycles. The first-order valence-corrected chi connectivity index (χ1v) is 6.19. The van der Waals surface area contributed by atoms with E-state index in [0.717, 1.165) is 0 Å². The van der Waals surface area contributed by atoms with E-state index in [1.54, 1.807) is 25.1 Å². The van der Waals surface area contributed by atoms with Crippen LogP contribution in [0.5, 0.6) is 11.5 Å². The molecule has 5 nitrogen and oxygen atoms in total. The molecule has 0 fully saturated rings. The van der Waals surface area contributed by atoms with Gasteiger partial charge in [0.25, 0.3) is 0 Å². The van der Waals surface area contributed by atoms with Crippen LogP contribution in [0.4, 0.5) is 0 Å². The maximum atomic E-state index is 11.7. The average molecular weight is 268 g/mol. The Kier molecular flexibility index (Phi) is 5.63. The smallest absolute Gasteiger partial charge is 0.339 e. The number of ether oxygens (including phenoxy) is 3. The largest absolute Gasteiger partial charge is 0.496 e. The molecule has 19 heavy (non-hydrogen) atoms. The van der Waals surface area contributed by atoms with Gasteiger partial charge in [-0.15, -0.1) is 0 Å². The van der Waals surface area contributed by atoms with Gasteiger partial charge in [-0.2, -0.15) is 0 Å². The molecule has 0 saturated heterocycles. The number of methoxy groups -OCH3 is 1. The summed E-state index contributed by atoms with van der Waals surface area (Å²) < 4.78 is 15.6. The van der Waals surface area contributed by atoms with Crippen LogP contribution in [0.2, 0.25) is 0 Å². The third kappa shape index (κ3) is 3.86. The standard InChI is InChI=1S/C14H20O5/c1-5-18-14(16)13(15)12-10(17-4)7-6-8-11(12)19-9(2)3/h6-9,13,15H,5H2,1-4H3. The van der Waals surface area contributed by atoms with Crippen molar-refractivity contribution >= 4 is 5.97 Å². The molecule has 0 amide bonds. The van der Waals surface area contributed by atoms with E-state index in [0.29, 0.717) is 11.5 Å². The van der Waals surface area contributed by atoms with Gasteiger partial charge in [0.05, 0.1) is 25.4 Å². The third-order valence-corrected chi connectivity index (χ3v) is 2.39. The second-order valence-corrected chi connectivity index (χ2v) is 4.19. The van der Waals surface area contributed by atoms with Crippen LogP contribution in [0.3, 0.4) is 0 Å². The number of carbonyl (C=O) groups is 1. The Labute approximate surface area is 113 Å². The Bertz CT molecular complexity index is 428. The molecule has 1 unspecified atom stereocenters. The molecular weight excluding hydrogens is 248 g/mol. The lowest BCUT2D eigenvalue weighted by atomic mass is 10.1. The molecule has 1 rings (SSSR count). The van der Waals surface area contributed by atoms with Crippen LogP contribution in [-0.2, 0) is 9.53 Å². The highest BCUT2D eigenvalue weighted by Gasteiger charge is 2.26. The van der Waals surface area contributed by atoms with Crippen molar-refractivity contribution in [3.8, 4) is 11.5 Å². The van der Waals surface area contributed by atoms with Crippen LogP contribution >= 0.6 is 0 Å². The third-order valence-electron chi connectivity index (χ3n) is 2.39. The number of aliphatic hydroxyl groups is 1. The van der Waals surface area contributed by atoms with Crippen LogP contribution in [0.15, 0.2) is 18.2 Å². The zero-order valence-corrected chi connectivity index (χ0v) is 11.7. The van der Waals surface area contributed by atoms with Crippen molar-refractivity contribution < 1.29 is 24.1 Å². The SMILES string of the molecule is CCOC(=O)C(O)c1c(OC)cccc1OC(C)C. The molecule has 5 heteroatoms. The molecule has 0 aliphatic carbocycles. The lowest BCUT2D eigenvalue weighted by Crippen LogP contribution is -2.18. The molecule has 1 N–H and O–H groups in total. The topological polar surface area (TPSA) is 65.0 Å². The molecule has 1 atom stereocenters. The summed E-state index contributed by atoms with van der Waals surface area (Å²) in [6.45, 7) is 5.60. The number of esters is 1. The van der Waals surface area contributed by atoms with Crippen molar-refractivity contribution in [3.05, 3.63) is 23.8 Å². The van der Waals surface area contributed by atoms with Crippen molar-refractivity contribution in [3.63, 3.8) is 0 Å². The molecule has 0 spiro atoms. The molecule has 0 saturated carbocycles. The summed E-state index contributed by atoms with van der Waals surface area (Å²) in [5.74, 6) is 0.0780. The highest BCUT2D eigenvalue weighted by Crippen LogP contribution is 2.35. The summed E-state index contributed by atoms with van der Waals surface area (Å²) >= 11 is 0. The predicted octanol–water partition coefficient (Wildman–Crippen LogP) is 2.08. The highest BCUT2D eigenvalue weighted by molar-refractivity contribution is 5.78. The average Bonchev–Trinajstić information content (AvgIpc) is 2.37.